The van der Waals surface area contributed by atoms with E-state index in [1.54, 1.807) is 7.11 Å². The molecule has 0 aromatic rings. The molecule has 18 heavy (non-hydrogen) atoms. The Balaban J connectivity index is 0. The zero-order chi connectivity index (χ0) is 14.6. The van der Waals surface area contributed by atoms with Crippen LogP contribution >= 0.6 is 0 Å². The van der Waals surface area contributed by atoms with Crippen LogP contribution in [0.4, 0.5) is 0 Å². The lowest BCUT2D eigenvalue weighted by molar-refractivity contribution is -0.114. The van der Waals surface area contributed by atoms with Crippen LogP contribution in [-0.4, -0.2) is 31.5 Å². The number of nitrogens with one attached hydrogen (secondary N) is 2. The van der Waals surface area contributed by atoms with E-state index in [2.05, 4.69) is 5.32 Å². The van der Waals surface area contributed by atoms with Gasteiger partial charge in [-0.3, -0.25) is 10.2 Å². The van der Waals surface area contributed by atoms with Gasteiger partial charge in [0.2, 0.25) is 0 Å². The lowest BCUT2D eigenvalue weighted by atomic mass is 10.1. The molecular weight excluding hydrogens is 232 g/mol. The number of methoxy groups -OCH3 is 1. The number of carbonyl (C=O) groups excluding carboxylic acids is 1. The van der Waals surface area contributed by atoms with Gasteiger partial charge in [-0.05, 0) is 6.42 Å². The van der Waals surface area contributed by atoms with E-state index in [1.165, 1.54) is 6.20 Å². The minimum atomic E-state index is -0.715. The van der Waals surface area contributed by atoms with Gasteiger partial charge in [-0.2, -0.15) is 0 Å². The molecule has 0 radical (unpaired) electrons. The normalized spacial score (nSPS) is 12.1. The molecule has 0 aliphatic heterocycles. The standard InChI is InChI=1S/C10H20N4O2.C2H6/c1-3-4-7(6-16-2)14-5-8(9(11)12)10(13)15;1-2/h5,7,14H,3-4,6H2,1-2H3,(H3,11,12)(H2,13,15);1-2H3/b8-5+;/t7-;/m1./s1. The Morgan fingerprint density at radius 3 is 2.33 bits per heavy atom. The van der Waals surface area contributed by atoms with Gasteiger partial charge in [-0.15, -0.1) is 0 Å². The first-order valence-corrected chi connectivity index (χ1v) is 6.12. The van der Waals surface area contributed by atoms with E-state index >= 15 is 0 Å². The Morgan fingerprint density at radius 2 is 2.00 bits per heavy atom. The Hall–Kier alpha value is -1.56. The maximum absolute atomic E-state index is 10.9. The maximum Gasteiger partial charge on any atom is 0.253 e. The van der Waals surface area contributed by atoms with Gasteiger partial charge in [0.05, 0.1) is 12.2 Å². The summed E-state index contributed by atoms with van der Waals surface area (Å²) in [4.78, 5) is 10.9. The van der Waals surface area contributed by atoms with E-state index in [-0.39, 0.29) is 17.5 Å². The molecule has 0 spiro atoms. The topological polar surface area (TPSA) is 114 Å². The van der Waals surface area contributed by atoms with Gasteiger partial charge in [-0.25, -0.2) is 0 Å². The van der Waals surface area contributed by atoms with Crippen molar-refractivity contribution in [2.75, 3.05) is 13.7 Å². The third-order valence-corrected chi connectivity index (χ3v) is 2.02. The van der Waals surface area contributed by atoms with Crippen LogP contribution < -0.4 is 16.8 Å². The summed E-state index contributed by atoms with van der Waals surface area (Å²) in [6.07, 6.45) is 3.26. The largest absolute Gasteiger partial charge is 0.385 e. The Bertz CT molecular complexity index is 255. The second kappa shape index (κ2) is 11.9. The lowest BCUT2D eigenvalue weighted by Crippen LogP contribution is -2.33. The van der Waals surface area contributed by atoms with Gasteiger partial charge in [0.25, 0.3) is 5.91 Å². The van der Waals surface area contributed by atoms with Gasteiger partial charge < -0.3 is 21.5 Å². The van der Waals surface area contributed by atoms with Gasteiger partial charge in [0.15, 0.2) is 0 Å². The van der Waals surface area contributed by atoms with Crippen molar-refractivity contribution in [1.29, 1.82) is 5.41 Å². The van der Waals surface area contributed by atoms with Crippen molar-refractivity contribution in [3.05, 3.63) is 11.8 Å². The number of amides is 1. The predicted molar refractivity (Wildman–Crippen MR) is 74.2 cm³/mol. The molecule has 0 unspecified atom stereocenters. The Kier molecular flexibility index (Phi) is 12.4. The number of nitrogens with two attached hydrogens (primary N) is 2. The number of hydrogen-bond donors (Lipinski definition) is 4. The average Bonchev–Trinajstić information content (AvgIpc) is 2.31. The highest BCUT2D eigenvalue weighted by atomic mass is 16.5. The average molecular weight is 258 g/mol. The molecule has 0 fully saturated rings. The summed E-state index contributed by atoms with van der Waals surface area (Å²) in [6.45, 7) is 6.57. The SMILES string of the molecule is CC.CCC[C@H](COC)N/C=C(\C(=N)N)C(N)=O. The number of primary amides is 1. The third-order valence-electron chi connectivity index (χ3n) is 2.02. The zero-order valence-corrected chi connectivity index (χ0v) is 11.7. The van der Waals surface area contributed by atoms with Crippen LogP contribution in [0.25, 0.3) is 0 Å². The molecule has 0 saturated carbocycles. The fraction of sp³-hybridized carbons (Fsp3) is 0.667. The molecule has 6 N–H and O–H groups in total. The van der Waals surface area contributed by atoms with E-state index in [1.807, 2.05) is 20.8 Å². The van der Waals surface area contributed by atoms with E-state index < -0.39 is 5.91 Å². The molecule has 6 nitrogen and oxygen atoms in total. The molecule has 0 aromatic heterocycles. The second-order valence-corrected chi connectivity index (χ2v) is 3.44. The minimum Gasteiger partial charge on any atom is -0.385 e. The summed E-state index contributed by atoms with van der Waals surface area (Å²) in [7, 11) is 1.61. The quantitative estimate of drug-likeness (QED) is 0.292. The fourth-order valence-electron chi connectivity index (χ4n) is 1.25. The third kappa shape index (κ3) is 8.58. The number of hydrogen-bond acceptors (Lipinski definition) is 4. The van der Waals surface area contributed by atoms with Crippen LogP contribution in [0, 0.1) is 5.41 Å². The molecule has 106 valence electrons. The lowest BCUT2D eigenvalue weighted by Gasteiger charge is -2.16. The second-order valence-electron chi connectivity index (χ2n) is 3.44. The first-order chi connectivity index (χ1) is 8.52. The van der Waals surface area contributed by atoms with Crippen LogP contribution in [0.3, 0.4) is 0 Å². The van der Waals surface area contributed by atoms with Crippen LogP contribution in [0.5, 0.6) is 0 Å². The number of amidine groups is 1. The van der Waals surface area contributed by atoms with Crippen LogP contribution in [0.1, 0.15) is 33.6 Å². The molecule has 0 aromatic carbocycles. The Morgan fingerprint density at radius 1 is 1.44 bits per heavy atom. The van der Waals surface area contributed by atoms with E-state index in [9.17, 15) is 4.79 Å². The maximum atomic E-state index is 10.9. The molecular formula is C12H26N4O2. The van der Waals surface area contributed by atoms with E-state index in [0.29, 0.717) is 6.61 Å². The highest BCUT2D eigenvalue weighted by Crippen LogP contribution is 1.98. The van der Waals surface area contributed by atoms with Crippen molar-refractivity contribution < 1.29 is 9.53 Å². The van der Waals surface area contributed by atoms with Crippen molar-refractivity contribution in [2.24, 2.45) is 11.5 Å². The number of rotatable bonds is 8. The molecule has 0 aliphatic carbocycles. The summed E-state index contributed by atoms with van der Waals surface area (Å²) in [6, 6.07) is 0.0868. The van der Waals surface area contributed by atoms with Crippen molar-refractivity contribution in [2.45, 2.75) is 39.7 Å². The molecule has 0 bridgehead atoms. The van der Waals surface area contributed by atoms with Crippen LogP contribution in [-0.2, 0) is 9.53 Å². The Labute approximate surface area is 109 Å². The summed E-state index contributed by atoms with van der Waals surface area (Å²) >= 11 is 0. The van der Waals surface area contributed by atoms with Crippen LogP contribution in [0.15, 0.2) is 11.8 Å². The highest BCUT2D eigenvalue weighted by molar-refractivity contribution is 6.18. The zero-order valence-electron chi connectivity index (χ0n) is 11.7. The molecule has 0 heterocycles. The van der Waals surface area contributed by atoms with Gasteiger partial charge in [0, 0.05) is 19.4 Å². The van der Waals surface area contributed by atoms with Gasteiger partial charge in [0.1, 0.15) is 5.84 Å². The predicted octanol–water partition coefficient (Wildman–Crippen LogP) is 0.722. The first kappa shape index (κ1) is 18.8. The summed E-state index contributed by atoms with van der Waals surface area (Å²) in [5, 5.41) is 10.1. The smallest absolute Gasteiger partial charge is 0.253 e. The summed E-state index contributed by atoms with van der Waals surface area (Å²) in [5.74, 6) is -1.06. The fourth-order valence-corrected chi connectivity index (χ4v) is 1.25. The monoisotopic (exact) mass is 258 g/mol. The number of carbonyl (C=O) groups is 1. The molecule has 1 amide bonds. The minimum absolute atomic E-state index is 0.0165. The highest BCUT2D eigenvalue weighted by Gasteiger charge is 2.10. The molecule has 0 saturated heterocycles. The molecule has 0 aliphatic rings. The van der Waals surface area contributed by atoms with Crippen LogP contribution in [0.2, 0.25) is 0 Å². The van der Waals surface area contributed by atoms with Crippen molar-refractivity contribution >= 4 is 11.7 Å². The van der Waals surface area contributed by atoms with E-state index in [0.717, 1.165) is 12.8 Å². The van der Waals surface area contributed by atoms with Crippen molar-refractivity contribution in [3.8, 4) is 0 Å². The first-order valence-electron chi connectivity index (χ1n) is 6.12. The molecule has 1 atom stereocenters. The molecule has 6 heteroatoms. The molecule has 0 rings (SSSR count). The van der Waals surface area contributed by atoms with E-state index in [4.69, 9.17) is 21.6 Å². The van der Waals surface area contributed by atoms with Gasteiger partial charge in [-0.1, -0.05) is 27.2 Å². The van der Waals surface area contributed by atoms with Crippen molar-refractivity contribution in [3.63, 3.8) is 0 Å². The summed E-state index contributed by atoms with van der Waals surface area (Å²) in [5.41, 5.74) is 10.3. The number of ether oxygens (including phenoxy) is 1. The van der Waals surface area contributed by atoms with Gasteiger partial charge >= 0.3 is 0 Å². The van der Waals surface area contributed by atoms with Crippen molar-refractivity contribution in [1.82, 2.24) is 5.32 Å². The summed E-state index contributed by atoms with van der Waals surface area (Å²) < 4.78 is 5.02.